The lowest BCUT2D eigenvalue weighted by atomic mass is 10.1. The van der Waals surface area contributed by atoms with Gasteiger partial charge in [0, 0.05) is 11.1 Å². The summed E-state index contributed by atoms with van der Waals surface area (Å²) in [5.74, 6) is -0.885. The van der Waals surface area contributed by atoms with Crippen LogP contribution in [-0.2, 0) is 14.8 Å². The molecule has 2 aromatic carbocycles. The molecule has 2 N–H and O–H groups in total. The average molecular weight is 452 g/mol. The van der Waals surface area contributed by atoms with Crippen molar-refractivity contribution in [3.05, 3.63) is 59.1 Å². The highest BCUT2D eigenvalue weighted by molar-refractivity contribution is 7.92. The van der Waals surface area contributed by atoms with Crippen molar-refractivity contribution < 1.29 is 18.0 Å². The van der Waals surface area contributed by atoms with Gasteiger partial charge >= 0.3 is 0 Å². The zero-order valence-corrected chi connectivity index (χ0v) is 18.9. The summed E-state index contributed by atoms with van der Waals surface area (Å²) in [4.78, 5) is 25.5. The van der Waals surface area contributed by atoms with Crippen LogP contribution in [0.4, 0.5) is 11.4 Å². The zero-order valence-electron chi connectivity index (χ0n) is 17.3. The Morgan fingerprint density at radius 3 is 2.23 bits per heavy atom. The first-order valence-corrected chi connectivity index (χ1v) is 11.7. The van der Waals surface area contributed by atoms with Crippen LogP contribution in [0, 0.1) is 0 Å². The first-order valence-electron chi connectivity index (χ1n) is 9.50. The van der Waals surface area contributed by atoms with Crippen LogP contribution < -0.4 is 14.9 Å². The Labute approximate surface area is 182 Å². The van der Waals surface area contributed by atoms with E-state index >= 15 is 0 Å². The van der Waals surface area contributed by atoms with Gasteiger partial charge in [-0.15, -0.1) is 0 Å². The van der Waals surface area contributed by atoms with Gasteiger partial charge in [-0.3, -0.25) is 13.9 Å². The predicted octanol–water partition coefficient (Wildman–Crippen LogP) is 3.66. The van der Waals surface area contributed by atoms with Crippen molar-refractivity contribution in [1.29, 1.82) is 0 Å². The minimum atomic E-state index is -3.76. The number of para-hydroxylation sites is 1. The second-order valence-electron chi connectivity index (χ2n) is 7.03. The zero-order chi connectivity index (χ0) is 22.5. The number of rotatable bonds is 8. The van der Waals surface area contributed by atoms with Gasteiger partial charge in [-0.2, -0.15) is 0 Å². The maximum Gasteiger partial charge on any atom is 0.253 e. The van der Waals surface area contributed by atoms with E-state index in [0.717, 1.165) is 17.0 Å². The summed E-state index contributed by atoms with van der Waals surface area (Å²) in [6.07, 6.45) is 1.79. The minimum absolute atomic E-state index is 0.0224. The number of sulfonamides is 1. The second kappa shape index (κ2) is 9.95. The summed E-state index contributed by atoms with van der Waals surface area (Å²) >= 11 is 5.89. The quantitative estimate of drug-likeness (QED) is 0.640. The molecule has 0 fully saturated rings. The number of benzene rings is 2. The number of hydrogen-bond donors (Lipinski definition) is 2. The number of halogens is 1. The highest BCUT2D eigenvalue weighted by Gasteiger charge is 2.29. The molecule has 0 aliphatic heterocycles. The fourth-order valence-corrected chi connectivity index (χ4v) is 4.13. The Bertz CT molecular complexity index is 1010. The van der Waals surface area contributed by atoms with Crippen molar-refractivity contribution in [2.75, 3.05) is 15.9 Å². The van der Waals surface area contributed by atoms with Gasteiger partial charge in [0.1, 0.15) is 6.04 Å². The third kappa shape index (κ3) is 5.96. The van der Waals surface area contributed by atoms with Crippen LogP contribution in [0.3, 0.4) is 0 Å². The highest BCUT2D eigenvalue weighted by atomic mass is 35.5. The summed E-state index contributed by atoms with van der Waals surface area (Å²) in [6.45, 7) is 5.32. The smallest absolute Gasteiger partial charge is 0.253 e. The molecule has 0 radical (unpaired) electrons. The Kier molecular flexibility index (Phi) is 7.86. The summed E-state index contributed by atoms with van der Waals surface area (Å²) < 4.78 is 25.8. The van der Waals surface area contributed by atoms with E-state index in [1.807, 2.05) is 13.8 Å². The van der Waals surface area contributed by atoms with E-state index in [1.54, 1.807) is 36.4 Å². The third-order valence-corrected chi connectivity index (χ3v) is 6.08. The van der Waals surface area contributed by atoms with Crippen LogP contribution >= 0.6 is 11.6 Å². The van der Waals surface area contributed by atoms with Gasteiger partial charge in [-0.05, 0) is 56.7 Å². The minimum Gasteiger partial charge on any atom is -0.350 e. The molecule has 0 heterocycles. The lowest BCUT2D eigenvalue weighted by Gasteiger charge is -2.28. The number of nitrogens with zero attached hydrogens (tertiary/aromatic N) is 1. The van der Waals surface area contributed by atoms with E-state index in [1.165, 1.54) is 19.1 Å². The molecule has 162 valence electrons. The van der Waals surface area contributed by atoms with Gasteiger partial charge in [0.15, 0.2) is 0 Å². The second-order valence-corrected chi connectivity index (χ2v) is 9.32. The van der Waals surface area contributed by atoms with E-state index in [2.05, 4.69) is 10.6 Å². The summed E-state index contributed by atoms with van der Waals surface area (Å²) in [5.41, 5.74) is 0.919. The lowest BCUT2D eigenvalue weighted by molar-refractivity contribution is -0.116. The molecule has 0 saturated carbocycles. The fourth-order valence-electron chi connectivity index (χ4n) is 2.83. The molecule has 9 heteroatoms. The van der Waals surface area contributed by atoms with Gasteiger partial charge in [0.2, 0.25) is 15.9 Å². The molecular formula is C21H26ClN3O4S. The van der Waals surface area contributed by atoms with E-state index in [-0.39, 0.29) is 11.9 Å². The molecule has 0 saturated heterocycles. The Morgan fingerprint density at radius 1 is 1.07 bits per heavy atom. The van der Waals surface area contributed by atoms with Crippen LogP contribution in [-0.4, -0.2) is 38.6 Å². The number of carbonyl (C=O) groups is 2. The summed E-state index contributed by atoms with van der Waals surface area (Å²) in [5, 5.41) is 5.99. The van der Waals surface area contributed by atoms with Crippen LogP contribution in [0.1, 0.15) is 37.6 Å². The molecule has 2 amide bonds. The molecule has 30 heavy (non-hydrogen) atoms. The molecule has 7 nitrogen and oxygen atoms in total. The molecule has 0 aliphatic rings. The van der Waals surface area contributed by atoms with Crippen LogP contribution in [0.15, 0.2) is 48.5 Å². The number of carbonyl (C=O) groups excluding carboxylic acids is 2. The Balaban J connectivity index is 2.30. The van der Waals surface area contributed by atoms with Crippen molar-refractivity contribution in [3.8, 4) is 0 Å². The summed E-state index contributed by atoms with van der Waals surface area (Å²) in [6, 6.07) is 11.7. The van der Waals surface area contributed by atoms with Gasteiger partial charge in [-0.25, -0.2) is 8.42 Å². The van der Waals surface area contributed by atoms with Gasteiger partial charge in [0.25, 0.3) is 5.91 Å². The number of anilines is 2. The average Bonchev–Trinajstić information content (AvgIpc) is 2.68. The number of hydrogen-bond acceptors (Lipinski definition) is 4. The maximum atomic E-state index is 12.9. The number of amides is 2. The topological polar surface area (TPSA) is 95.6 Å². The van der Waals surface area contributed by atoms with Gasteiger partial charge < -0.3 is 10.6 Å². The SMILES string of the molecule is CC[C@@H](C)NC(=O)c1ccccc1NC(=O)[C@H](C)N(c1ccc(Cl)cc1)S(C)(=O)=O. The number of nitrogens with one attached hydrogen (secondary N) is 2. The first kappa shape index (κ1) is 23.7. The molecule has 2 aromatic rings. The van der Waals surface area contributed by atoms with Crippen LogP contribution in [0.25, 0.3) is 0 Å². The molecular weight excluding hydrogens is 426 g/mol. The molecule has 2 rings (SSSR count). The Hall–Kier alpha value is -2.58. The predicted molar refractivity (Wildman–Crippen MR) is 121 cm³/mol. The standard InChI is InChI=1S/C21H26ClN3O4S/c1-5-14(2)23-21(27)18-8-6-7-9-19(18)24-20(26)15(3)25(30(4,28)29)17-12-10-16(22)11-13-17/h6-15H,5H2,1-4H3,(H,23,27)(H,24,26)/t14-,15+/m1/s1. The van der Waals surface area contributed by atoms with Crippen molar-refractivity contribution in [2.24, 2.45) is 0 Å². The van der Waals surface area contributed by atoms with Crippen molar-refractivity contribution >= 4 is 44.8 Å². The van der Waals surface area contributed by atoms with Crippen LogP contribution in [0.5, 0.6) is 0 Å². The van der Waals surface area contributed by atoms with Crippen molar-refractivity contribution in [1.82, 2.24) is 5.32 Å². The van der Waals surface area contributed by atoms with Crippen LogP contribution in [0.2, 0.25) is 5.02 Å². The first-order chi connectivity index (χ1) is 14.0. The normalized spacial score (nSPS) is 13.2. The van der Waals surface area contributed by atoms with Crippen molar-refractivity contribution in [3.63, 3.8) is 0 Å². The molecule has 0 aromatic heterocycles. The lowest BCUT2D eigenvalue weighted by Crippen LogP contribution is -2.45. The molecule has 0 unspecified atom stereocenters. The van der Waals surface area contributed by atoms with Gasteiger partial charge in [-0.1, -0.05) is 30.7 Å². The molecule has 0 bridgehead atoms. The Morgan fingerprint density at radius 2 is 1.67 bits per heavy atom. The summed E-state index contributed by atoms with van der Waals surface area (Å²) in [7, 11) is -3.76. The maximum absolute atomic E-state index is 12.9. The fraction of sp³-hybridized carbons (Fsp3) is 0.333. The van der Waals surface area contributed by atoms with E-state index in [9.17, 15) is 18.0 Å². The molecule has 0 aliphatic carbocycles. The van der Waals surface area contributed by atoms with E-state index in [4.69, 9.17) is 11.6 Å². The largest absolute Gasteiger partial charge is 0.350 e. The van der Waals surface area contributed by atoms with E-state index in [0.29, 0.717) is 22.0 Å². The molecule has 0 spiro atoms. The van der Waals surface area contributed by atoms with Gasteiger partial charge in [0.05, 0.1) is 23.2 Å². The van der Waals surface area contributed by atoms with Crippen molar-refractivity contribution in [2.45, 2.75) is 39.3 Å². The monoisotopic (exact) mass is 451 g/mol. The van der Waals surface area contributed by atoms with E-state index < -0.39 is 22.0 Å². The molecule has 2 atom stereocenters. The highest BCUT2D eigenvalue weighted by Crippen LogP contribution is 2.24. The third-order valence-electron chi connectivity index (χ3n) is 4.59.